The van der Waals surface area contributed by atoms with Gasteiger partial charge in [-0.15, -0.1) is 11.6 Å². The molecule has 0 unspecified atom stereocenters. The third kappa shape index (κ3) is 3.11. The van der Waals surface area contributed by atoms with Gasteiger partial charge in [0, 0.05) is 23.7 Å². The van der Waals surface area contributed by atoms with E-state index in [0.717, 1.165) is 31.2 Å². The Morgan fingerprint density at radius 3 is 2.53 bits per heavy atom. The number of halogens is 1. The normalized spacial score (nSPS) is 28.7. The summed E-state index contributed by atoms with van der Waals surface area (Å²) in [6.07, 6.45) is 4.31. The van der Waals surface area contributed by atoms with Crippen molar-refractivity contribution in [3.05, 3.63) is 59.9 Å². The number of aromatic nitrogens is 1. The number of pyridine rings is 1. The zero-order valence-corrected chi connectivity index (χ0v) is 19.4. The number of hydrogen-bond acceptors (Lipinski definition) is 4. The van der Waals surface area contributed by atoms with E-state index in [1.165, 1.54) is 0 Å². The van der Waals surface area contributed by atoms with Gasteiger partial charge >= 0.3 is 6.09 Å². The van der Waals surface area contributed by atoms with Crippen molar-refractivity contribution in [3.8, 4) is 0 Å². The number of anilines is 1. The van der Waals surface area contributed by atoms with E-state index in [1.807, 2.05) is 49.9 Å². The van der Waals surface area contributed by atoms with E-state index in [4.69, 9.17) is 16.3 Å². The zero-order valence-electron chi connectivity index (χ0n) is 18.6. The van der Waals surface area contributed by atoms with E-state index >= 15 is 0 Å². The maximum absolute atomic E-state index is 13.8. The fraction of sp³-hybridized carbons (Fsp3) is 0.480. The molecule has 0 bridgehead atoms. The Bertz CT molecular complexity index is 1050. The Kier molecular flexibility index (Phi) is 4.97. The standard InChI is InChI=1S/C25H28ClN3O3/c1-24(2,3)32-23(31)29-20-14-7-5-11-17(20)25(26)16-10-4-6-13-19(16)28(22(25)29)21(30)18-12-8-9-15-27-18/h5,7-9,11-12,14-16,19,22H,4,6,10,13H2,1-3H3/t16-,19-,22-,25-/m0/s1. The van der Waals surface area contributed by atoms with Gasteiger partial charge < -0.3 is 9.64 Å². The Morgan fingerprint density at radius 1 is 1.09 bits per heavy atom. The van der Waals surface area contributed by atoms with Crippen molar-refractivity contribution in [2.45, 2.75) is 69.1 Å². The van der Waals surface area contributed by atoms with Gasteiger partial charge in [-0.3, -0.25) is 14.7 Å². The van der Waals surface area contributed by atoms with Crippen LogP contribution in [-0.4, -0.2) is 39.7 Å². The van der Waals surface area contributed by atoms with Crippen molar-refractivity contribution in [2.24, 2.45) is 5.92 Å². The predicted molar refractivity (Wildman–Crippen MR) is 123 cm³/mol. The second-order valence-electron chi connectivity index (χ2n) is 9.89. The molecule has 2 aromatic rings. The number of likely N-dealkylation sites (tertiary alicyclic amines) is 1. The highest BCUT2D eigenvalue weighted by Crippen LogP contribution is 2.62. The first-order valence-corrected chi connectivity index (χ1v) is 11.7. The molecule has 0 N–H and O–H groups in total. The molecule has 1 aromatic heterocycles. The smallest absolute Gasteiger partial charge is 0.416 e. The minimum atomic E-state index is -0.886. The number of carbonyl (C=O) groups excluding carboxylic acids is 2. The summed E-state index contributed by atoms with van der Waals surface area (Å²) in [5.74, 6) is -0.152. The number of hydrogen-bond donors (Lipinski definition) is 0. The first kappa shape index (κ1) is 21.3. The van der Waals surface area contributed by atoms with Crippen LogP contribution in [0.2, 0.25) is 0 Å². The Morgan fingerprint density at radius 2 is 1.81 bits per heavy atom. The van der Waals surface area contributed by atoms with Gasteiger partial charge in [-0.1, -0.05) is 37.1 Å². The minimum Gasteiger partial charge on any atom is -0.443 e. The lowest BCUT2D eigenvalue weighted by Gasteiger charge is -2.37. The fourth-order valence-corrected chi connectivity index (χ4v) is 6.31. The Hall–Kier alpha value is -2.60. The molecule has 6 nitrogen and oxygen atoms in total. The molecule has 2 fully saturated rings. The van der Waals surface area contributed by atoms with Crippen LogP contribution in [-0.2, 0) is 9.61 Å². The molecule has 7 heteroatoms. The summed E-state index contributed by atoms with van der Waals surface area (Å²) < 4.78 is 5.79. The highest BCUT2D eigenvalue weighted by molar-refractivity contribution is 6.27. The summed E-state index contributed by atoms with van der Waals surface area (Å²) in [7, 11) is 0. The molecule has 2 amide bonds. The molecule has 3 heterocycles. The molecular formula is C25H28ClN3O3. The van der Waals surface area contributed by atoms with Crippen LogP contribution in [0.25, 0.3) is 0 Å². The van der Waals surface area contributed by atoms with Crippen molar-refractivity contribution >= 4 is 29.3 Å². The average molecular weight is 454 g/mol. The number of fused-ring (bicyclic) bond motifs is 5. The molecule has 1 saturated carbocycles. The number of carbonyl (C=O) groups is 2. The van der Waals surface area contributed by atoms with Gasteiger partial charge in [-0.2, -0.15) is 0 Å². The number of ether oxygens (including phenoxy) is 1. The van der Waals surface area contributed by atoms with Crippen molar-refractivity contribution < 1.29 is 14.3 Å². The molecule has 2 aliphatic heterocycles. The first-order valence-electron chi connectivity index (χ1n) is 11.3. The van der Waals surface area contributed by atoms with Gasteiger partial charge in [0.1, 0.15) is 22.3 Å². The van der Waals surface area contributed by atoms with Crippen molar-refractivity contribution in [2.75, 3.05) is 4.90 Å². The lowest BCUT2D eigenvalue weighted by molar-refractivity contribution is 0.0472. The molecule has 0 spiro atoms. The topological polar surface area (TPSA) is 62.7 Å². The maximum atomic E-state index is 13.8. The second kappa shape index (κ2) is 7.48. The summed E-state index contributed by atoms with van der Waals surface area (Å²) >= 11 is 7.54. The van der Waals surface area contributed by atoms with E-state index in [9.17, 15) is 9.59 Å². The molecular weight excluding hydrogens is 426 g/mol. The SMILES string of the molecule is CC(C)(C)OC(=O)N1c2ccccc2[C@]2(Cl)[C@H]1N(C(=O)c1ccccn1)[C@H]1CCCC[C@@H]12. The highest BCUT2D eigenvalue weighted by atomic mass is 35.5. The summed E-state index contributed by atoms with van der Waals surface area (Å²) in [5.41, 5.74) is 1.29. The number of para-hydroxylation sites is 1. The monoisotopic (exact) mass is 453 g/mol. The number of alkyl halides is 1. The van der Waals surface area contributed by atoms with Gasteiger partial charge in [0.25, 0.3) is 5.91 Å². The molecule has 1 aromatic carbocycles. The fourth-order valence-electron chi connectivity index (χ4n) is 5.69. The molecule has 4 atom stereocenters. The lowest BCUT2D eigenvalue weighted by Crippen LogP contribution is -2.55. The Labute approximate surface area is 193 Å². The van der Waals surface area contributed by atoms with Crippen LogP contribution in [0, 0.1) is 5.92 Å². The summed E-state index contributed by atoms with van der Waals surface area (Å²) in [4.78, 5) is 34.2. The Balaban J connectivity index is 1.67. The van der Waals surface area contributed by atoms with Crippen LogP contribution in [0.4, 0.5) is 10.5 Å². The third-order valence-corrected chi connectivity index (χ3v) is 7.47. The summed E-state index contributed by atoms with van der Waals surface area (Å²) in [6.45, 7) is 5.52. The molecule has 32 heavy (non-hydrogen) atoms. The van der Waals surface area contributed by atoms with Crippen LogP contribution in [0.5, 0.6) is 0 Å². The van der Waals surface area contributed by atoms with Crippen LogP contribution in [0.1, 0.15) is 62.5 Å². The third-order valence-electron chi connectivity index (χ3n) is 6.80. The minimum absolute atomic E-state index is 0.0455. The number of benzene rings is 1. The molecule has 1 aliphatic carbocycles. The van der Waals surface area contributed by atoms with Crippen molar-refractivity contribution in [3.63, 3.8) is 0 Å². The molecule has 5 rings (SSSR count). The number of rotatable bonds is 1. The second-order valence-corrected chi connectivity index (χ2v) is 10.5. The van der Waals surface area contributed by atoms with Gasteiger partial charge in [0.2, 0.25) is 0 Å². The van der Waals surface area contributed by atoms with Crippen molar-refractivity contribution in [1.29, 1.82) is 0 Å². The average Bonchev–Trinajstić information content (AvgIpc) is 3.18. The van der Waals surface area contributed by atoms with Crippen LogP contribution >= 0.6 is 11.6 Å². The van der Waals surface area contributed by atoms with E-state index in [0.29, 0.717) is 11.4 Å². The largest absolute Gasteiger partial charge is 0.443 e. The zero-order chi connectivity index (χ0) is 22.7. The summed E-state index contributed by atoms with van der Waals surface area (Å²) in [5, 5.41) is 0. The molecule has 168 valence electrons. The van der Waals surface area contributed by atoms with E-state index in [2.05, 4.69) is 4.98 Å². The number of amides is 2. The molecule has 1 saturated heterocycles. The first-order chi connectivity index (χ1) is 15.2. The lowest BCUT2D eigenvalue weighted by atomic mass is 9.76. The van der Waals surface area contributed by atoms with Crippen LogP contribution < -0.4 is 4.90 Å². The van der Waals surface area contributed by atoms with E-state index in [-0.39, 0.29) is 17.9 Å². The molecule has 3 aliphatic rings. The van der Waals surface area contributed by atoms with Gasteiger partial charge in [0.05, 0.1) is 5.69 Å². The van der Waals surface area contributed by atoms with Gasteiger partial charge in [-0.25, -0.2) is 4.79 Å². The quantitative estimate of drug-likeness (QED) is 0.549. The van der Waals surface area contributed by atoms with Crippen LogP contribution in [0.15, 0.2) is 48.7 Å². The van der Waals surface area contributed by atoms with Crippen LogP contribution in [0.3, 0.4) is 0 Å². The van der Waals surface area contributed by atoms with Gasteiger partial charge in [-0.05, 0) is 51.8 Å². The summed E-state index contributed by atoms with van der Waals surface area (Å²) in [6, 6.07) is 13.0. The van der Waals surface area contributed by atoms with Crippen molar-refractivity contribution in [1.82, 2.24) is 9.88 Å². The maximum Gasteiger partial charge on any atom is 0.416 e. The van der Waals surface area contributed by atoms with E-state index < -0.39 is 22.7 Å². The van der Waals surface area contributed by atoms with E-state index in [1.54, 1.807) is 29.3 Å². The highest BCUT2D eigenvalue weighted by Gasteiger charge is 2.68. The number of nitrogens with zero attached hydrogens (tertiary/aromatic N) is 3. The van der Waals surface area contributed by atoms with Gasteiger partial charge in [0.15, 0.2) is 0 Å². The molecule has 0 radical (unpaired) electrons. The predicted octanol–water partition coefficient (Wildman–Crippen LogP) is 5.31.